The first-order chi connectivity index (χ1) is 24.3. The van der Waals surface area contributed by atoms with Gasteiger partial charge in [-0.3, -0.25) is 9.88 Å². The minimum atomic E-state index is 0.701. The maximum Gasteiger partial charge on any atom is 0.177 e. The van der Waals surface area contributed by atoms with Gasteiger partial charge in [-0.2, -0.15) is 0 Å². The first-order valence-electron chi connectivity index (χ1n) is 16.4. The Kier molecular flexibility index (Phi) is 5.32. The first kappa shape index (κ1) is 26.4. The molecule has 0 amide bonds. The lowest BCUT2D eigenvalue weighted by Crippen LogP contribution is -2.12. The number of anilines is 3. The Morgan fingerprint density at radius 2 is 1.18 bits per heavy atom. The normalized spacial score (nSPS) is 12.1. The maximum absolute atomic E-state index is 6.52. The van der Waals surface area contributed by atoms with E-state index in [-0.39, 0.29) is 0 Å². The highest BCUT2D eigenvalue weighted by Crippen LogP contribution is 2.49. The molecule has 4 aromatic heterocycles. The molecule has 11 rings (SSSR count). The molecule has 0 N–H and O–H groups in total. The van der Waals surface area contributed by atoms with Gasteiger partial charge in [0.1, 0.15) is 28.1 Å². The van der Waals surface area contributed by atoms with Crippen molar-refractivity contribution < 1.29 is 8.83 Å². The van der Waals surface area contributed by atoms with Crippen LogP contribution in [0.4, 0.5) is 17.2 Å². The van der Waals surface area contributed by atoms with Crippen molar-refractivity contribution >= 4 is 72.0 Å². The molecule has 5 nitrogen and oxygen atoms in total. The summed E-state index contributed by atoms with van der Waals surface area (Å²) < 4.78 is 12.8. The van der Waals surface area contributed by atoms with Gasteiger partial charge in [0.2, 0.25) is 0 Å². The summed E-state index contributed by atoms with van der Waals surface area (Å²) in [5, 5.41) is 5.54. The second-order valence-electron chi connectivity index (χ2n) is 12.6. The Morgan fingerprint density at radius 1 is 0.469 bits per heavy atom. The van der Waals surface area contributed by atoms with E-state index in [1.807, 2.05) is 60.9 Å². The molecule has 0 saturated carbocycles. The van der Waals surface area contributed by atoms with Gasteiger partial charge in [0.25, 0.3) is 0 Å². The standard InChI is InChI=1S/C44H25N3O2/c1-3-13-37-33(9-1)41-39(48-37)22-24-46-44(41)47(36-21-23-45-42-34-10-2-4-14-38(34)49-43(36)42)29-18-15-26(16-19-29)28-17-20-30-31-11-5-7-27-8-6-12-32(40(27)31)35(30)25-28/h1-25H. The van der Waals surface area contributed by atoms with E-state index >= 15 is 0 Å². The zero-order valence-corrected chi connectivity index (χ0v) is 26.1. The fraction of sp³-hybridized carbons (Fsp3) is 0. The number of hydrogen-bond donors (Lipinski definition) is 0. The Bertz CT molecular complexity index is 2950. The van der Waals surface area contributed by atoms with Crippen molar-refractivity contribution in [1.82, 2.24) is 9.97 Å². The maximum atomic E-state index is 6.52. The molecule has 1 aliphatic carbocycles. The SMILES string of the molecule is c1cc2c3c(cccc3c1)-c1cc(-c3ccc(N(c4ccnc5c4oc4ccccc45)c4nccc5oc6ccccc6c45)cc3)ccc1-2. The number of fused-ring (bicyclic) bond motifs is 9. The Labute approximate surface area is 280 Å². The second-order valence-corrected chi connectivity index (χ2v) is 12.6. The van der Waals surface area contributed by atoms with E-state index in [1.54, 1.807) is 0 Å². The van der Waals surface area contributed by atoms with Crippen LogP contribution >= 0.6 is 0 Å². The van der Waals surface area contributed by atoms with Crippen LogP contribution in [0.2, 0.25) is 0 Å². The van der Waals surface area contributed by atoms with Crippen molar-refractivity contribution in [2.24, 2.45) is 0 Å². The van der Waals surface area contributed by atoms with E-state index in [0.29, 0.717) is 5.58 Å². The van der Waals surface area contributed by atoms with Crippen molar-refractivity contribution in [3.63, 3.8) is 0 Å². The number of pyridine rings is 2. The molecule has 10 aromatic rings. The molecule has 5 heteroatoms. The second kappa shape index (κ2) is 9.89. The van der Waals surface area contributed by atoms with Crippen LogP contribution in [0, 0.1) is 0 Å². The third-order valence-corrected chi connectivity index (χ3v) is 9.92. The predicted molar refractivity (Wildman–Crippen MR) is 199 cm³/mol. The van der Waals surface area contributed by atoms with Crippen LogP contribution in [0.5, 0.6) is 0 Å². The average molecular weight is 628 g/mol. The van der Waals surface area contributed by atoms with Gasteiger partial charge in [0.05, 0.1) is 11.1 Å². The van der Waals surface area contributed by atoms with E-state index in [2.05, 4.69) is 95.9 Å². The lowest BCUT2D eigenvalue weighted by Gasteiger charge is -2.25. The van der Waals surface area contributed by atoms with Gasteiger partial charge in [-0.15, -0.1) is 0 Å². The number of hydrogen-bond acceptors (Lipinski definition) is 5. The van der Waals surface area contributed by atoms with E-state index in [1.165, 1.54) is 38.6 Å². The van der Waals surface area contributed by atoms with Crippen molar-refractivity contribution in [3.05, 3.63) is 152 Å². The highest BCUT2D eigenvalue weighted by molar-refractivity contribution is 6.16. The molecule has 0 saturated heterocycles. The van der Waals surface area contributed by atoms with E-state index in [0.717, 1.165) is 61.2 Å². The number of aromatic nitrogens is 2. The Morgan fingerprint density at radius 3 is 2.02 bits per heavy atom. The van der Waals surface area contributed by atoms with Crippen molar-refractivity contribution in [2.75, 3.05) is 4.90 Å². The number of benzene rings is 6. The quantitative estimate of drug-likeness (QED) is 0.194. The average Bonchev–Trinajstić information content (AvgIpc) is 3.84. The van der Waals surface area contributed by atoms with E-state index in [9.17, 15) is 0 Å². The summed E-state index contributed by atoms with van der Waals surface area (Å²) in [5.41, 5.74) is 13.2. The number of furan rings is 2. The van der Waals surface area contributed by atoms with Crippen LogP contribution in [0.1, 0.15) is 0 Å². The van der Waals surface area contributed by atoms with Crippen LogP contribution in [0.3, 0.4) is 0 Å². The van der Waals surface area contributed by atoms with Gasteiger partial charge in [0.15, 0.2) is 5.58 Å². The van der Waals surface area contributed by atoms with Gasteiger partial charge in [-0.25, -0.2) is 4.98 Å². The zero-order chi connectivity index (χ0) is 32.1. The van der Waals surface area contributed by atoms with Crippen molar-refractivity contribution in [3.8, 4) is 33.4 Å². The summed E-state index contributed by atoms with van der Waals surface area (Å²) in [7, 11) is 0. The van der Waals surface area contributed by atoms with Crippen LogP contribution in [-0.2, 0) is 0 Å². The van der Waals surface area contributed by atoms with Crippen LogP contribution < -0.4 is 4.90 Å². The molecule has 6 aromatic carbocycles. The molecule has 228 valence electrons. The number of rotatable bonds is 4. The van der Waals surface area contributed by atoms with E-state index < -0.39 is 0 Å². The van der Waals surface area contributed by atoms with Crippen LogP contribution in [0.25, 0.3) is 88.2 Å². The van der Waals surface area contributed by atoms with Gasteiger partial charge in [-0.05, 0) is 92.7 Å². The summed E-state index contributed by atoms with van der Waals surface area (Å²) in [6.45, 7) is 0. The third-order valence-electron chi connectivity index (χ3n) is 9.92. The van der Waals surface area contributed by atoms with Crippen LogP contribution in [0.15, 0.2) is 161 Å². The fourth-order valence-electron chi connectivity index (χ4n) is 7.74. The monoisotopic (exact) mass is 627 g/mol. The molecule has 1 aliphatic rings. The van der Waals surface area contributed by atoms with Crippen LogP contribution in [-0.4, -0.2) is 9.97 Å². The third kappa shape index (κ3) is 3.75. The summed E-state index contributed by atoms with van der Waals surface area (Å²) >= 11 is 0. The molecule has 0 radical (unpaired) electrons. The molecule has 0 fully saturated rings. The summed E-state index contributed by atoms with van der Waals surface area (Å²) in [5.74, 6) is 0.756. The lowest BCUT2D eigenvalue weighted by atomic mass is 9.97. The minimum absolute atomic E-state index is 0.701. The fourth-order valence-corrected chi connectivity index (χ4v) is 7.74. The summed E-state index contributed by atoms with van der Waals surface area (Å²) in [6.07, 6.45) is 3.65. The molecule has 0 spiro atoms. The highest BCUT2D eigenvalue weighted by Gasteiger charge is 2.25. The smallest absolute Gasteiger partial charge is 0.177 e. The molecule has 0 bridgehead atoms. The molecule has 4 heterocycles. The summed E-state index contributed by atoms with van der Waals surface area (Å²) in [6, 6.07) is 48.8. The summed E-state index contributed by atoms with van der Waals surface area (Å²) in [4.78, 5) is 11.9. The number of nitrogens with zero attached hydrogens (tertiary/aromatic N) is 3. The minimum Gasteiger partial charge on any atom is -0.456 e. The van der Waals surface area contributed by atoms with Crippen molar-refractivity contribution in [1.29, 1.82) is 0 Å². The Hall–Kier alpha value is -6.72. The molecule has 0 atom stereocenters. The van der Waals surface area contributed by atoms with Gasteiger partial charge in [0, 0.05) is 28.9 Å². The molecule has 49 heavy (non-hydrogen) atoms. The largest absolute Gasteiger partial charge is 0.456 e. The zero-order valence-electron chi connectivity index (χ0n) is 26.1. The number of para-hydroxylation sites is 2. The molecule has 0 unspecified atom stereocenters. The Balaban J connectivity index is 1.10. The van der Waals surface area contributed by atoms with Gasteiger partial charge < -0.3 is 8.83 Å². The molecular weight excluding hydrogens is 603 g/mol. The highest BCUT2D eigenvalue weighted by atomic mass is 16.3. The molecular formula is C44H25N3O2. The lowest BCUT2D eigenvalue weighted by molar-refractivity contribution is 0.667. The first-order valence-corrected chi connectivity index (χ1v) is 16.4. The van der Waals surface area contributed by atoms with Gasteiger partial charge in [-0.1, -0.05) is 91.0 Å². The van der Waals surface area contributed by atoms with Gasteiger partial charge >= 0.3 is 0 Å². The topological polar surface area (TPSA) is 55.3 Å². The predicted octanol–water partition coefficient (Wildman–Crippen LogP) is 12.2. The van der Waals surface area contributed by atoms with E-state index in [4.69, 9.17) is 18.8 Å². The molecule has 0 aliphatic heterocycles. The van der Waals surface area contributed by atoms with Crippen molar-refractivity contribution in [2.45, 2.75) is 0 Å².